The summed E-state index contributed by atoms with van der Waals surface area (Å²) in [4.78, 5) is 8.98. The van der Waals surface area contributed by atoms with Crippen LogP contribution in [0, 0.1) is 5.92 Å². The predicted molar refractivity (Wildman–Crippen MR) is 107 cm³/mol. The van der Waals surface area contributed by atoms with Crippen molar-refractivity contribution in [3.63, 3.8) is 0 Å². The van der Waals surface area contributed by atoms with Gasteiger partial charge in [-0.15, -0.1) is 24.0 Å². The van der Waals surface area contributed by atoms with Gasteiger partial charge >= 0.3 is 0 Å². The van der Waals surface area contributed by atoms with E-state index in [1.54, 1.807) is 6.26 Å². The Morgan fingerprint density at radius 1 is 1.38 bits per heavy atom. The van der Waals surface area contributed by atoms with Crippen LogP contribution in [-0.2, 0) is 6.42 Å². The van der Waals surface area contributed by atoms with Crippen molar-refractivity contribution >= 4 is 29.9 Å². The topological polar surface area (TPSA) is 91.1 Å². The van der Waals surface area contributed by atoms with Gasteiger partial charge in [0.25, 0.3) is 0 Å². The Kier molecular flexibility index (Phi) is 9.43. The first-order valence-corrected chi connectivity index (χ1v) is 8.16. The summed E-state index contributed by atoms with van der Waals surface area (Å²) in [5, 5.41) is 13.7. The summed E-state index contributed by atoms with van der Waals surface area (Å²) in [7, 11) is 0. The molecule has 0 bridgehead atoms. The zero-order chi connectivity index (χ0) is 16.5. The second-order valence-electron chi connectivity index (χ2n) is 5.70. The van der Waals surface area contributed by atoms with Crippen molar-refractivity contribution < 1.29 is 4.42 Å². The standard InChI is InChI=1S/C16H26N6O.HI/c1-4-17-16(18-9-7-12(2)3)19-10-8-14-20-15(22-21-14)13-6-5-11-23-13;/h5-6,11-12H,4,7-10H2,1-3H3,(H2,17,18,19)(H,20,21,22);1H. The van der Waals surface area contributed by atoms with Gasteiger partial charge in [-0.05, 0) is 31.4 Å². The van der Waals surface area contributed by atoms with Crippen LogP contribution in [-0.4, -0.2) is 40.8 Å². The van der Waals surface area contributed by atoms with E-state index in [2.05, 4.69) is 51.6 Å². The largest absolute Gasteiger partial charge is 0.461 e. The van der Waals surface area contributed by atoms with E-state index in [9.17, 15) is 0 Å². The molecule has 2 heterocycles. The molecule has 2 aromatic heterocycles. The van der Waals surface area contributed by atoms with Gasteiger partial charge in [0.1, 0.15) is 5.82 Å². The highest BCUT2D eigenvalue weighted by atomic mass is 127. The molecule has 0 atom stereocenters. The molecule has 0 fully saturated rings. The molecule has 0 unspecified atom stereocenters. The molecule has 0 amide bonds. The molecule has 2 rings (SSSR count). The summed E-state index contributed by atoms with van der Waals surface area (Å²) >= 11 is 0. The summed E-state index contributed by atoms with van der Waals surface area (Å²) in [6, 6.07) is 3.67. The maximum Gasteiger partial charge on any atom is 0.216 e. The molecule has 0 aliphatic rings. The van der Waals surface area contributed by atoms with Crippen LogP contribution in [0.2, 0.25) is 0 Å². The highest BCUT2D eigenvalue weighted by Gasteiger charge is 2.08. The summed E-state index contributed by atoms with van der Waals surface area (Å²) in [6.07, 6.45) is 3.44. The van der Waals surface area contributed by atoms with Crippen molar-refractivity contribution in [1.82, 2.24) is 25.8 Å². The summed E-state index contributed by atoms with van der Waals surface area (Å²) in [6.45, 7) is 8.88. The van der Waals surface area contributed by atoms with Gasteiger partial charge in [0, 0.05) is 26.1 Å². The van der Waals surface area contributed by atoms with E-state index < -0.39 is 0 Å². The molecule has 0 aliphatic carbocycles. The minimum absolute atomic E-state index is 0. The van der Waals surface area contributed by atoms with E-state index in [4.69, 9.17) is 4.42 Å². The summed E-state index contributed by atoms with van der Waals surface area (Å²) in [5.74, 6) is 3.59. The Morgan fingerprint density at radius 2 is 2.21 bits per heavy atom. The Bertz CT molecular complexity index is 593. The molecule has 0 saturated carbocycles. The van der Waals surface area contributed by atoms with Crippen LogP contribution >= 0.6 is 24.0 Å². The van der Waals surface area contributed by atoms with Crippen LogP contribution in [0.25, 0.3) is 11.6 Å². The van der Waals surface area contributed by atoms with Crippen molar-refractivity contribution in [1.29, 1.82) is 0 Å². The number of hydrogen-bond acceptors (Lipinski definition) is 4. The fourth-order valence-electron chi connectivity index (χ4n) is 2.00. The van der Waals surface area contributed by atoms with Crippen molar-refractivity contribution in [3.05, 3.63) is 24.2 Å². The Hall–Kier alpha value is -1.58. The van der Waals surface area contributed by atoms with Crippen molar-refractivity contribution in [2.24, 2.45) is 10.9 Å². The number of nitrogens with one attached hydrogen (secondary N) is 3. The zero-order valence-electron chi connectivity index (χ0n) is 14.5. The van der Waals surface area contributed by atoms with Gasteiger partial charge in [-0.1, -0.05) is 13.8 Å². The van der Waals surface area contributed by atoms with Crippen LogP contribution in [0.4, 0.5) is 0 Å². The van der Waals surface area contributed by atoms with E-state index in [-0.39, 0.29) is 24.0 Å². The first kappa shape index (κ1) is 20.5. The minimum atomic E-state index is 0. The number of aliphatic imine (C=N–C) groups is 1. The average molecular weight is 446 g/mol. The lowest BCUT2D eigenvalue weighted by molar-refractivity contribution is 0.577. The quantitative estimate of drug-likeness (QED) is 0.330. The summed E-state index contributed by atoms with van der Waals surface area (Å²) < 4.78 is 5.28. The number of H-pyrrole nitrogens is 1. The average Bonchev–Trinajstić information content (AvgIpc) is 3.18. The third-order valence-corrected chi connectivity index (χ3v) is 3.25. The fraction of sp³-hybridized carbons (Fsp3) is 0.562. The Labute approximate surface area is 160 Å². The molecule has 0 aromatic carbocycles. The number of aromatic amines is 1. The number of halogens is 1. The van der Waals surface area contributed by atoms with E-state index in [0.717, 1.165) is 44.3 Å². The molecule has 24 heavy (non-hydrogen) atoms. The second kappa shape index (κ2) is 11.1. The van der Waals surface area contributed by atoms with Gasteiger partial charge in [0.2, 0.25) is 5.82 Å². The Morgan fingerprint density at radius 3 is 2.88 bits per heavy atom. The highest BCUT2D eigenvalue weighted by Crippen LogP contribution is 2.14. The molecular weight excluding hydrogens is 419 g/mol. The SMILES string of the molecule is CCNC(=NCCC(C)C)NCCc1nc(-c2ccco2)n[nH]1.I. The first-order chi connectivity index (χ1) is 11.2. The summed E-state index contributed by atoms with van der Waals surface area (Å²) in [5.41, 5.74) is 0. The van der Waals surface area contributed by atoms with Gasteiger partial charge < -0.3 is 15.1 Å². The maximum absolute atomic E-state index is 5.28. The van der Waals surface area contributed by atoms with Crippen LogP contribution in [0.3, 0.4) is 0 Å². The van der Waals surface area contributed by atoms with Crippen LogP contribution in [0.5, 0.6) is 0 Å². The van der Waals surface area contributed by atoms with Gasteiger partial charge in [0.15, 0.2) is 11.7 Å². The number of guanidine groups is 1. The van der Waals surface area contributed by atoms with Crippen molar-refractivity contribution in [3.8, 4) is 11.6 Å². The lowest BCUT2D eigenvalue weighted by Crippen LogP contribution is -2.38. The van der Waals surface area contributed by atoms with Gasteiger partial charge in [0.05, 0.1) is 6.26 Å². The minimum Gasteiger partial charge on any atom is -0.461 e. The molecule has 0 aliphatic heterocycles. The predicted octanol–water partition coefficient (Wildman–Crippen LogP) is 2.83. The van der Waals surface area contributed by atoms with E-state index in [0.29, 0.717) is 17.5 Å². The van der Waals surface area contributed by atoms with Crippen LogP contribution in [0.1, 0.15) is 33.0 Å². The number of hydrogen-bond donors (Lipinski definition) is 3. The van der Waals surface area contributed by atoms with E-state index in [1.807, 2.05) is 12.1 Å². The molecule has 8 heteroatoms. The van der Waals surface area contributed by atoms with Crippen LogP contribution < -0.4 is 10.6 Å². The molecule has 3 N–H and O–H groups in total. The smallest absolute Gasteiger partial charge is 0.216 e. The number of furan rings is 1. The normalized spacial score (nSPS) is 11.4. The fourth-order valence-corrected chi connectivity index (χ4v) is 2.00. The van der Waals surface area contributed by atoms with Crippen molar-refractivity contribution in [2.45, 2.75) is 33.6 Å². The highest BCUT2D eigenvalue weighted by molar-refractivity contribution is 14.0. The molecule has 2 aromatic rings. The van der Waals surface area contributed by atoms with Crippen molar-refractivity contribution in [2.75, 3.05) is 19.6 Å². The number of nitrogens with zero attached hydrogens (tertiary/aromatic N) is 3. The third-order valence-electron chi connectivity index (χ3n) is 3.25. The van der Waals surface area contributed by atoms with Gasteiger partial charge in [-0.3, -0.25) is 10.1 Å². The Balaban J connectivity index is 0.00000288. The lowest BCUT2D eigenvalue weighted by Gasteiger charge is -2.11. The number of rotatable bonds is 8. The monoisotopic (exact) mass is 446 g/mol. The first-order valence-electron chi connectivity index (χ1n) is 8.16. The molecule has 134 valence electrons. The number of aromatic nitrogens is 3. The second-order valence-corrected chi connectivity index (χ2v) is 5.70. The lowest BCUT2D eigenvalue weighted by atomic mass is 10.1. The molecule has 0 spiro atoms. The van der Waals surface area contributed by atoms with E-state index >= 15 is 0 Å². The third kappa shape index (κ3) is 6.90. The molecular formula is C16H27IN6O. The molecule has 0 saturated heterocycles. The van der Waals surface area contributed by atoms with Crippen LogP contribution in [0.15, 0.2) is 27.8 Å². The molecule has 0 radical (unpaired) electrons. The van der Waals surface area contributed by atoms with E-state index in [1.165, 1.54) is 0 Å². The van der Waals surface area contributed by atoms with Gasteiger partial charge in [-0.2, -0.15) is 5.10 Å². The maximum atomic E-state index is 5.28. The van der Waals surface area contributed by atoms with Gasteiger partial charge in [-0.25, -0.2) is 4.98 Å². The molecule has 7 nitrogen and oxygen atoms in total. The zero-order valence-corrected chi connectivity index (χ0v) is 16.8.